The van der Waals surface area contributed by atoms with Crippen molar-refractivity contribution in [2.75, 3.05) is 33.4 Å². The second-order valence-electron chi connectivity index (χ2n) is 8.87. The fourth-order valence-electron chi connectivity index (χ4n) is 5.46. The van der Waals surface area contributed by atoms with Crippen LogP contribution in [0.3, 0.4) is 0 Å². The van der Waals surface area contributed by atoms with Gasteiger partial charge in [0.1, 0.15) is 10.6 Å². The standard InChI is InChI=1S/C22H32N2O5S/c1-15(19-12-16-3-5-18(19)11-16)23-22(25)14-17-4-6-20(28-2)21(13-17)30(26,27)24-7-9-29-10-8-24/h4,6,13,15-16,18-19H,3,5,7-12,14H2,1-2H3,(H,23,25)/t15-,16+,18+,19+/m1/s1. The Morgan fingerprint density at radius 3 is 2.67 bits per heavy atom. The molecule has 1 heterocycles. The number of rotatable bonds is 7. The van der Waals surface area contributed by atoms with E-state index in [1.165, 1.54) is 37.1 Å². The minimum absolute atomic E-state index is 0.0647. The van der Waals surface area contributed by atoms with Crippen LogP contribution in [0.4, 0.5) is 0 Å². The molecular weight excluding hydrogens is 404 g/mol. The number of carbonyl (C=O) groups is 1. The number of ether oxygens (including phenoxy) is 2. The van der Waals surface area contributed by atoms with Gasteiger partial charge in [0.2, 0.25) is 15.9 Å². The van der Waals surface area contributed by atoms with E-state index in [4.69, 9.17) is 9.47 Å². The summed E-state index contributed by atoms with van der Waals surface area (Å²) in [5.74, 6) is 2.39. The lowest BCUT2D eigenvalue weighted by molar-refractivity contribution is -0.121. The predicted octanol–water partition coefficient (Wildman–Crippen LogP) is 2.20. The van der Waals surface area contributed by atoms with Gasteiger partial charge >= 0.3 is 0 Å². The van der Waals surface area contributed by atoms with E-state index < -0.39 is 10.0 Å². The van der Waals surface area contributed by atoms with Crippen LogP contribution in [0.25, 0.3) is 0 Å². The molecule has 2 bridgehead atoms. The molecular formula is C22H32N2O5S. The van der Waals surface area contributed by atoms with Gasteiger partial charge < -0.3 is 14.8 Å². The minimum Gasteiger partial charge on any atom is -0.495 e. The zero-order valence-corrected chi connectivity index (χ0v) is 18.6. The van der Waals surface area contributed by atoms with Crippen LogP contribution in [0.1, 0.15) is 38.2 Å². The molecule has 2 saturated carbocycles. The molecule has 7 nitrogen and oxygen atoms in total. The number of nitrogens with one attached hydrogen (secondary N) is 1. The molecule has 2 aliphatic carbocycles. The first-order chi connectivity index (χ1) is 14.4. The smallest absolute Gasteiger partial charge is 0.246 e. The highest BCUT2D eigenvalue weighted by Crippen LogP contribution is 2.49. The van der Waals surface area contributed by atoms with Crippen LogP contribution >= 0.6 is 0 Å². The number of carbonyl (C=O) groups excluding carboxylic acids is 1. The van der Waals surface area contributed by atoms with E-state index in [1.54, 1.807) is 18.2 Å². The highest BCUT2D eigenvalue weighted by Gasteiger charge is 2.42. The summed E-state index contributed by atoms with van der Waals surface area (Å²) in [5, 5.41) is 3.16. The van der Waals surface area contributed by atoms with Crippen LogP contribution in [0, 0.1) is 17.8 Å². The third kappa shape index (κ3) is 4.36. The lowest BCUT2D eigenvalue weighted by Crippen LogP contribution is -2.41. The van der Waals surface area contributed by atoms with Crippen LogP contribution < -0.4 is 10.1 Å². The maximum absolute atomic E-state index is 13.1. The maximum Gasteiger partial charge on any atom is 0.246 e. The van der Waals surface area contributed by atoms with Gasteiger partial charge in [0.25, 0.3) is 0 Å². The molecule has 0 spiro atoms. The monoisotopic (exact) mass is 436 g/mol. The summed E-state index contributed by atoms with van der Waals surface area (Å²) >= 11 is 0. The Morgan fingerprint density at radius 1 is 1.27 bits per heavy atom. The van der Waals surface area contributed by atoms with Crippen molar-refractivity contribution in [3.05, 3.63) is 23.8 Å². The van der Waals surface area contributed by atoms with Gasteiger partial charge in [-0.05, 0) is 61.6 Å². The first kappa shape index (κ1) is 21.6. The Bertz CT molecular complexity index is 882. The second kappa shape index (κ2) is 8.85. The molecule has 30 heavy (non-hydrogen) atoms. The minimum atomic E-state index is -3.71. The highest BCUT2D eigenvalue weighted by atomic mass is 32.2. The Hall–Kier alpha value is -1.64. The lowest BCUT2D eigenvalue weighted by Gasteiger charge is -2.28. The van der Waals surface area contributed by atoms with E-state index >= 15 is 0 Å². The van der Waals surface area contributed by atoms with Crippen molar-refractivity contribution in [2.45, 2.75) is 50.0 Å². The van der Waals surface area contributed by atoms with Crippen molar-refractivity contribution in [3.63, 3.8) is 0 Å². The quantitative estimate of drug-likeness (QED) is 0.708. The number of amides is 1. The number of benzene rings is 1. The van der Waals surface area contributed by atoms with Crippen LogP contribution in [0.5, 0.6) is 5.75 Å². The highest BCUT2D eigenvalue weighted by molar-refractivity contribution is 7.89. The number of methoxy groups -OCH3 is 1. The zero-order valence-electron chi connectivity index (χ0n) is 17.8. The third-order valence-corrected chi connectivity index (χ3v) is 8.92. The Labute approximate surface area is 179 Å². The second-order valence-corrected chi connectivity index (χ2v) is 10.8. The summed E-state index contributed by atoms with van der Waals surface area (Å²) in [4.78, 5) is 12.8. The largest absolute Gasteiger partial charge is 0.495 e. The van der Waals surface area contributed by atoms with Gasteiger partial charge in [-0.3, -0.25) is 4.79 Å². The van der Waals surface area contributed by atoms with Crippen molar-refractivity contribution < 1.29 is 22.7 Å². The van der Waals surface area contributed by atoms with Gasteiger partial charge in [-0.2, -0.15) is 4.31 Å². The van der Waals surface area contributed by atoms with E-state index in [2.05, 4.69) is 12.2 Å². The number of fused-ring (bicyclic) bond motifs is 2. The topological polar surface area (TPSA) is 84.9 Å². The van der Waals surface area contributed by atoms with E-state index in [-0.39, 0.29) is 23.3 Å². The number of morpholine rings is 1. The van der Waals surface area contributed by atoms with Crippen molar-refractivity contribution in [1.82, 2.24) is 9.62 Å². The average Bonchev–Trinajstić information content (AvgIpc) is 3.38. The number of hydrogen-bond acceptors (Lipinski definition) is 5. The molecule has 3 aliphatic rings. The van der Waals surface area contributed by atoms with Gasteiger partial charge in [-0.25, -0.2) is 8.42 Å². The van der Waals surface area contributed by atoms with Crippen LogP contribution in [-0.2, 0) is 26.0 Å². The van der Waals surface area contributed by atoms with Gasteiger partial charge in [-0.15, -0.1) is 0 Å². The molecule has 0 radical (unpaired) electrons. The molecule has 1 aromatic rings. The Balaban J connectivity index is 1.45. The van der Waals surface area contributed by atoms with E-state index in [9.17, 15) is 13.2 Å². The predicted molar refractivity (Wildman–Crippen MR) is 113 cm³/mol. The van der Waals surface area contributed by atoms with Crippen LogP contribution in [-0.4, -0.2) is 58.1 Å². The average molecular weight is 437 g/mol. The fourth-order valence-corrected chi connectivity index (χ4v) is 7.08. The molecule has 1 saturated heterocycles. The van der Waals surface area contributed by atoms with Crippen molar-refractivity contribution >= 4 is 15.9 Å². The summed E-state index contributed by atoms with van der Waals surface area (Å²) in [7, 11) is -2.25. The molecule has 166 valence electrons. The summed E-state index contributed by atoms with van der Waals surface area (Å²) in [5.41, 5.74) is 0.667. The molecule has 0 aromatic heterocycles. The Kier molecular flexibility index (Phi) is 6.36. The normalized spacial score (nSPS) is 27.7. The first-order valence-corrected chi connectivity index (χ1v) is 12.4. The molecule has 1 amide bonds. The molecule has 1 aromatic carbocycles. The summed E-state index contributed by atoms with van der Waals surface area (Å²) < 4.78 is 38.2. The van der Waals surface area contributed by atoms with Crippen molar-refractivity contribution in [2.24, 2.45) is 17.8 Å². The fraction of sp³-hybridized carbons (Fsp3) is 0.682. The van der Waals surface area contributed by atoms with Crippen LogP contribution in [0.2, 0.25) is 0 Å². The third-order valence-electron chi connectivity index (χ3n) is 7.00. The SMILES string of the molecule is COc1ccc(CC(=O)N[C@H](C)[C@@H]2C[C@H]3CC[C@H]2C3)cc1S(=O)(=O)N1CCOCC1. The molecule has 4 rings (SSSR count). The summed E-state index contributed by atoms with van der Waals surface area (Å²) in [6.45, 7) is 3.50. The van der Waals surface area contributed by atoms with Gasteiger partial charge in [0.15, 0.2) is 0 Å². The number of hydrogen-bond donors (Lipinski definition) is 1. The van der Waals surface area contributed by atoms with Crippen molar-refractivity contribution in [1.29, 1.82) is 0 Å². The summed E-state index contributed by atoms with van der Waals surface area (Å²) in [6.07, 6.45) is 5.31. The summed E-state index contributed by atoms with van der Waals surface area (Å²) in [6, 6.07) is 5.13. The van der Waals surface area contributed by atoms with Gasteiger partial charge in [0.05, 0.1) is 26.7 Å². The molecule has 3 fully saturated rings. The molecule has 1 N–H and O–H groups in total. The lowest BCUT2D eigenvalue weighted by atomic mass is 9.84. The van der Waals surface area contributed by atoms with Crippen molar-refractivity contribution in [3.8, 4) is 5.75 Å². The van der Waals surface area contributed by atoms with E-state index in [0.29, 0.717) is 43.5 Å². The molecule has 1 aliphatic heterocycles. The number of sulfonamides is 1. The molecule has 4 atom stereocenters. The van der Waals surface area contributed by atoms with Crippen LogP contribution in [0.15, 0.2) is 23.1 Å². The van der Waals surface area contributed by atoms with E-state index in [0.717, 1.165) is 11.8 Å². The first-order valence-electron chi connectivity index (χ1n) is 10.9. The van der Waals surface area contributed by atoms with E-state index in [1.807, 2.05) is 0 Å². The van der Waals surface area contributed by atoms with Gasteiger partial charge in [-0.1, -0.05) is 12.5 Å². The number of nitrogens with zero attached hydrogens (tertiary/aromatic N) is 1. The maximum atomic E-state index is 13.1. The Morgan fingerprint density at radius 2 is 2.03 bits per heavy atom. The zero-order chi connectivity index (χ0) is 21.3. The van der Waals surface area contributed by atoms with Gasteiger partial charge in [0, 0.05) is 19.1 Å². The molecule has 8 heteroatoms. The molecule has 0 unspecified atom stereocenters.